The molecular formula is C5H10NO. The normalized spacial score (nSPS) is 10.7. The van der Waals surface area contributed by atoms with Crippen molar-refractivity contribution in [2.75, 3.05) is 0 Å². The van der Waals surface area contributed by atoms with E-state index in [-0.39, 0.29) is 5.60 Å². The third-order valence-corrected chi connectivity index (χ3v) is 0.327. The van der Waals surface area contributed by atoms with Crippen molar-refractivity contribution in [3.05, 3.63) is 0 Å². The number of hydrogen-bond acceptors (Lipinski definition) is 2. The van der Waals surface area contributed by atoms with E-state index in [2.05, 4.69) is 9.99 Å². The summed E-state index contributed by atoms with van der Waals surface area (Å²) in [5.74, 6) is 0. The van der Waals surface area contributed by atoms with Crippen molar-refractivity contribution in [3.8, 4) is 0 Å². The van der Waals surface area contributed by atoms with Crippen molar-refractivity contribution >= 4 is 6.72 Å². The minimum Gasteiger partial charge on any atom is -0.390 e. The second kappa shape index (κ2) is 1.96. The third-order valence-electron chi connectivity index (χ3n) is 0.327. The van der Waals surface area contributed by atoms with Crippen molar-refractivity contribution in [2.45, 2.75) is 26.4 Å². The fourth-order valence-electron chi connectivity index (χ4n) is 0.158. The van der Waals surface area contributed by atoms with Crippen LogP contribution < -0.4 is 0 Å². The summed E-state index contributed by atoms with van der Waals surface area (Å²) in [6.07, 6.45) is 0. The van der Waals surface area contributed by atoms with E-state index < -0.39 is 0 Å². The van der Waals surface area contributed by atoms with E-state index in [1.165, 1.54) is 0 Å². The molecule has 2 nitrogen and oxygen atoms in total. The SMILES string of the molecule is [CH]=NOC(C)(C)C. The van der Waals surface area contributed by atoms with Crippen LogP contribution in [0.2, 0.25) is 0 Å². The standard InChI is InChI=1S/C5H10NO/c1-5(2,3)7-6-4/h4H,1-3H3. The molecule has 0 N–H and O–H groups in total. The fourth-order valence-corrected chi connectivity index (χ4v) is 0.158. The van der Waals surface area contributed by atoms with Crippen LogP contribution in [0.5, 0.6) is 0 Å². The molecule has 2 heteroatoms. The number of nitrogens with zero attached hydrogens (tertiary/aromatic N) is 1. The highest BCUT2D eigenvalue weighted by atomic mass is 16.6. The Labute approximate surface area is 44.2 Å². The third kappa shape index (κ3) is 5.47. The molecule has 0 saturated carbocycles. The van der Waals surface area contributed by atoms with Crippen LogP contribution in [0.4, 0.5) is 0 Å². The van der Waals surface area contributed by atoms with Gasteiger partial charge in [0.1, 0.15) is 5.60 Å². The van der Waals surface area contributed by atoms with E-state index in [9.17, 15) is 0 Å². The van der Waals surface area contributed by atoms with Gasteiger partial charge in [-0.25, -0.2) is 0 Å². The van der Waals surface area contributed by atoms with E-state index in [4.69, 9.17) is 6.72 Å². The Morgan fingerprint density at radius 3 is 1.86 bits per heavy atom. The summed E-state index contributed by atoms with van der Waals surface area (Å²) in [7, 11) is 0. The maximum absolute atomic E-state index is 4.72. The molecule has 0 heterocycles. The lowest BCUT2D eigenvalue weighted by Crippen LogP contribution is -2.14. The summed E-state index contributed by atoms with van der Waals surface area (Å²) < 4.78 is 0. The van der Waals surface area contributed by atoms with Crippen LogP contribution in [-0.2, 0) is 4.84 Å². The highest BCUT2D eigenvalue weighted by Crippen LogP contribution is 2.04. The van der Waals surface area contributed by atoms with Crippen molar-refractivity contribution < 1.29 is 4.84 Å². The van der Waals surface area contributed by atoms with Crippen molar-refractivity contribution in [1.82, 2.24) is 0 Å². The molecule has 0 aliphatic rings. The topological polar surface area (TPSA) is 21.6 Å². The highest BCUT2D eigenvalue weighted by molar-refractivity contribution is 5.21. The Balaban J connectivity index is 3.34. The van der Waals surface area contributed by atoms with Crippen LogP contribution in [0.25, 0.3) is 0 Å². The molecule has 0 aliphatic heterocycles. The minimum absolute atomic E-state index is 0.241. The summed E-state index contributed by atoms with van der Waals surface area (Å²) in [6, 6.07) is 0. The molecule has 0 aliphatic carbocycles. The van der Waals surface area contributed by atoms with Crippen LogP contribution >= 0.6 is 0 Å². The van der Waals surface area contributed by atoms with Gasteiger partial charge in [-0.05, 0) is 20.8 Å². The Hall–Kier alpha value is -0.530. The van der Waals surface area contributed by atoms with E-state index in [1.807, 2.05) is 20.8 Å². The van der Waals surface area contributed by atoms with Crippen LogP contribution in [0.15, 0.2) is 5.16 Å². The van der Waals surface area contributed by atoms with Crippen LogP contribution in [0.1, 0.15) is 20.8 Å². The number of rotatable bonds is 1. The van der Waals surface area contributed by atoms with Gasteiger partial charge in [-0.2, -0.15) is 0 Å². The molecule has 0 amide bonds. The minimum atomic E-state index is -0.241. The predicted octanol–water partition coefficient (Wildman–Crippen LogP) is 1.29. The van der Waals surface area contributed by atoms with Crippen LogP contribution in [0, 0.1) is 0 Å². The van der Waals surface area contributed by atoms with Gasteiger partial charge in [0, 0.05) is 0 Å². The van der Waals surface area contributed by atoms with E-state index in [0.717, 1.165) is 0 Å². The van der Waals surface area contributed by atoms with Gasteiger partial charge in [0.2, 0.25) is 0 Å². The number of hydrogen-bond donors (Lipinski definition) is 0. The molecule has 0 fully saturated rings. The summed E-state index contributed by atoms with van der Waals surface area (Å²) in [6.45, 7) is 10.4. The van der Waals surface area contributed by atoms with E-state index in [1.54, 1.807) is 0 Å². The molecule has 0 bridgehead atoms. The molecule has 0 atom stereocenters. The molecule has 0 aromatic rings. The zero-order valence-corrected chi connectivity index (χ0v) is 4.93. The lowest BCUT2D eigenvalue weighted by molar-refractivity contribution is 0.00270. The Morgan fingerprint density at radius 1 is 1.43 bits per heavy atom. The first-order valence-electron chi connectivity index (χ1n) is 2.14. The van der Waals surface area contributed by atoms with Gasteiger partial charge < -0.3 is 4.84 Å². The van der Waals surface area contributed by atoms with Gasteiger partial charge >= 0.3 is 0 Å². The highest BCUT2D eigenvalue weighted by Gasteiger charge is 2.08. The first-order chi connectivity index (χ1) is 3.06. The molecule has 0 aromatic carbocycles. The largest absolute Gasteiger partial charge is 0.390 e. The maximum atomic E-state index is 4.72. The molecule has 0 rings (SSSR count). The molecule has 0 saturated heterocycles. The van der Waals surface area contributed by atoms with E-state index >= 15 is 0 Å². The average molecular weight is 100 g/mol. The second-order valence-electron chi connectivity index (χ2n) is 2.31. The smallest absolute Gasteiger partial charge is 0.129 e. The molecule has 1 radical (unpaired) electrons. The van der Waals surface area contributed by atoms with Gasteiger partial charge in [0.25, 0.3) is 0 Å². The zero-order chi connectivity index (χ0) is 5.91. The first kappa shape index (κ1) is 6.47. The van der Waals surface area contributed by atoms with Gasteiger partial charge in [-0.1, -0.05) is 5.16 Å². The quantitative estimate of drug-likeness (QED) is 0.359. The van der Waals surface area contributed by atoms with E-state index in [0.29, 0.717) is 0 Å². The maximum Gasteiger partial charge on any atom is 0.129 e. The predicted molar refractivity (Wildman–Crippen MR) is 29.3 cm³/mol. The molecule has 7 heavy (non-hydrogen) atoms. The summed E-state index contributed by atoms with van der Waals surface area (Å²) in [5.41, 5.74) is -0.241. The van der Waals surface area contributed by atoms with Crippen LogP contribution in [0.3, 0.4) is 0 Å². The average Bonchev–Trinajstić information content (AvgIpc) is 1.30. The van der Waals surface area contributed by atoms with Crippen LogP contribution in [-0.4, -0.2) is 12.3 Å². The molecular weight excluding hydrogens is 90.1 g/mol. The summed E-state index contributed by atoms with van der Waals surface area (Å²) in [5, 5.41) is 3.01. The molecule has 41 valence electrons. The van der Waals surface area contributed by atoms with Crippen molar-refractivity contribution in [2.24, 2.45) is 5.16 Å². The molecule has 0 aromatic heterocycles. The summed E-state index contributed by atoms with van der Waals surface area (Å²) in [4.78, 5) is 4.63. The Kier molecular flexibility index (Phi) is 1.81. The molecule has 0 spiro atoms. The molecule has 0 unspecified atom stereocenters. The lowest BCUT2D eigenvalue weighted by Gasteiger charge is -2.13. The van der Waals surface area contributed by atoms with Gasteiger partial charge in [0.05, 0.1) is 6.72 Å². The first-order valence-corrected chi connectivity index (χ1v) is 2.14. The lowest BCUT2D eigenvalue weighted by atomic mass is 10.2. The van der Waals surface area contributed by atoms with Gasteiger partial charge in [0.15, 0.2) is 0 Å². The van der Waals surface area contributed by atoms with Gasteiger partial charge in [-0.3, -0.25) is 0 Å². The monoisotopic (exact) mass is 100 g/mol. The van der Waals surface area contributed by atoms with Gasteiger partial charge in [-0.15, -0.1) is 0 Å². The zero-order valence-electron chi connectivity index (χ0n) is 4.93. The Morgan fingerprint density at radius 2 is 1.86 bits per heavy atom. The summed E-state index contributed by atoms with van der Waals surface area (Å²) >= 11 is 0. The van der Waals surface area contributed by atoms with Crippen molar-refractivity contribution in [1.29, 1.82) is 0 Å². The Bertz CT molecular complexity index is 63.0. The fraction of sp³-hybridized carbons (Fsp3) is 0.800. The van der Waals surface area contributed by atoms with Crippen molar-refractivity contribution in [3.63, 3.8) is 0 Å². The second-order valence-corrected chi connectivity index (χ2v) is 2.31.